The number of benzene rings is 1. The van der Waals surface area contributed by atoms with E-state index in [9.17, 15) is 17.6 Å². The van der Waals surface area contributed by atoms with E-state index in [1.165, 1.54) is 18.5 Å². The van der Waals surface area contributed by atoms with Crippen molar-refractivity contribution in [1.29, 1.82) is 0 Å². The number of sulfonamides is 1. The van der Waals surface area contributed by atoms with Gasteiger partial charge in [-0.25, -0.2) is 22.8 Å². The van der Waals surface area contributed by atoms with Crippen molar-refractivity contribution in [1.82, 2.24) is 19.6 Å². The number of carbonyl (C=O) groups is 1. The van der Waals surface area contributed by atoms with Crippen LogP contribution in [0.2, 0.25) is 0 Å². The molecule has 0 bridgehead atoms. The second-order valence-electron chi connectivity index (χ2n) is 6.95. The third kappa shape index (κ3) is 4.48. The highest BCUT2D eigenvalue weighted by Crippen LogP contribution is 2.22. The fourth-order valence-corrected chi connectivity index (χ4v) is 4.27. The number of nitrogens with one attached hydrogen (secondary N) is 1. The van der Waals surface area contributed by atoms with Gasteiger partial charge in [-0.05, 0) is 30.5 Å². The number of aromatic nitrogens is 2. The Balaban J connectivity index is 1.81. The van der Waals surface area contributed by atoms with E-state index in [-0.39, 0.29) is 16.7 Å². The van der Waals surface area contributed by atoms with Gasteiger partial charge in [0.2, 0.25) is 15.9 Å². The van der Waals surface area contributed by atoms with Crippen LogP contribution in [0.3, 0.4) is 0 Å². The van der Waals surface area contributed by atoms with Crippen molar-refractivity contribution in [2.75, 3.05) is 0 Å². The molecule has 1 amide bonds. The molecule has 2 aromatic rings. The summed E-state index contributed by atoms with van der Waals surface area (Å²) in [7, 11) is -4.04. The standard InChI is InChI=1S/C18H21FN4O3S/c1-12(2)6-16(22-27(25,26)15-5-3-4-14(19)7-15)18(24)23-9-13-8-20-11-21-17(13)10-23/h3-5,7-8,11-12,16,22H,6,9-10H2,1-2H3. The fraction of sp³-hybridized carbons (Fsp3) is 0.389. The van der Waals surface area contributed by atoms with Crippen LogP contribution < -0.4 is 4.72 Å². The molecule has 0 radical (unpaired) electrons. The van der Waals surface area contributed by atoms with E-state index in [0.717, 1.165) is 23.4 Å². The Labute approximate surface area is 157 Å². The second kappa shape index (κ2) is 7.69. The summed E-state index contributed by atoms with van der Waals surface area (Å²) >= 11 is 0. The second-order valence-corrected chi connectivity index (χ2v) is 8.66. The van der Waals surface area contributed by atoms with Gasteiger partial charge in [0.15, 0.2) is 0 Å². The van der Waals surface area contributed by atoms with Gasteiger partial charge in [0.1, 0.15) is 18.2 Å². The summed E-state index contributed by atoms with van der Waals surface area (Å²) in [5, 5.41) is 0. The highest BCUT2D eigenvalue weighted by molar-refractivity contribution is 7.89. The molecule has 0 spiro atoms. The van der Waals surface area contributed by atoms with E-state index in [0.29, 0.717) is 19.5 Å². The van der Waals surface area contributed by atoms with E-state index in [2.05, 4.69) is 14.7 Å². The van der Waals surface area contributed by atoms with Crippen LogP contribution in [0.25, 0.3) is 0 Å². The summed E-state index contributed by atoms with van der Waals surface area (Å²) in [5.74, 6) is -0.904. The lowest BCUT2D eigenvalue weighted by molar-refractivity contribution is -0.134. The van der Waals surface area contributed by atoms with Gasteiger partial charge in [0.25, 0.3) is 0 Å². The van der Waals surface area contributed by atoms with Crippen LogP contribution >= 0.6 is 0 Å². The Kier molecular flexibility index (Phi) is 5.52. The maximum atomic E-state index is 13.4. The number of rotatable bonds is 6. The quantitative estimate of drug-likeness (QED) is 0.810. The van der Waals surface area contributed by atoms with E-state index >= 15 is 0 Å². The smallest absolute Gasteiger partial charge is 0.241 e. The molecule has 1 N–H and O–H groups in total. The molecule has 2 heterocycles. The Morgan fingerprint density at radius 3 is 2.78 bits per heavy atom. The van der Waals surface area contributed by atoms with Gasteiger partial charge in [0, 0.05) is 18.3 Å². The Hall–Kier alpha value is -2.39. The molecule has 144 valence electrons. The molecule has 1 aliphatic rings. The molecule has 0 fully saturated rings. The lowest BCUT2D eigenvalue weighted by Gasteiger charge is -2.25. The van der Waals surface area contributed by atoms with Crippen molar-refractivity contribution in [2.45, 2.75) is 44.3 Å². The van der Waals surface area contributed by atoms with Gasteiger partial charge in [-0.15, -0.1) is 0 Å². The van der Waals surface area contributed by atoms with Gasteiger partial charge >= 0.3 is 0 Å². The zero-order valence-electron chi connectivity index (χ0n) is 15.1. The van der Waals surface area contributed by atoms with E-state index in [4.69, 9.17) is 0 Å². The van der Waals surface area contributed by atoms with Crippen LogP contribution in [0.15, 0.2) is 41.7 Å². The van der Waals surface area contributed by atoms with Crippen molar-refractivity contribution in [3.05, 3.63) is 53.9 Å². The van der Waals surface area contributed by atoms with E-state index in [1.807, 2.05) is 13.8 Å². The molecule has 0 saturated heterocycles. The van der Waals surface area contributed by atoms with Gasteiger partial charge < -0.3 is 4.90 Å². The van der Waals surface area contributed by atoms with Gasteiger partial charge in [-0.3, -0.25) is 4.79 Å². The molecular weight excluding hydrogens is 371 g/mol. The third-order valence-electron chi connectivity index (χ3n) is 4.30. The topological polar surface area (TPSA) is 92.3 Å². The first-order valence-electron chi connectivity index (χ1n) is 8.60. The molecule has 0 saturated carbocycles. The number of amides is 1. The summed E-state index contributed by atoms with van der Waals surface area (Å²) in [6.07, 6.45) is 3.40. The molecule has 1 aromatic heterocycles. The van der Waals surface area contributed by atoms with Crippen LogP contribution in [0, 0.1) is 11.7 Å². The molecule has 7 nitrogen and oxygen atoms in total. The minimum atomic E-state index is -4.04. The normalized spacial score (nSPS) is 15.0. The van der Waals surface area contributed by atoms with Gasteiger partial charge in [-0.2, -0.15) is 4.72 Å². The van der Waals surface area contributed by atoms with Crippen molar-refractivity contribution in [3.8, 4) is 0 Å². The lowest BCUT2D eigenvalue weighted by Crippen LogP contribution is -2.47. The van der Waals surface area contributed by atoms with E-state index < -0.39 is 21.9 Å². The Morgan fingerprint density at radius 1 is 1.33 bits per heavy atom. The minimum Gasteiger partial charge on any atom is -0.331 e. The fourth-order valence-electron chi connectivity index (χ4n) is 3.04. The molecule has 27 heavy (non-hydrogen) atoms. The molecule has 1 unspecified atom stereocenters. The summed E-state index contributed by atoms with van der Waals surface area (Å²) in [4.78, 5) is 22.5. The van der Waals surface area contributed by atoms with Crippen LogP contribution in [0.4, 0.5) is 4.39 Å². The summed E-state index contributed by atoms with van der Waals surface area (Å²) < 4.78 is 41.2. The molecule has 1 aliphatic heterocycles. The highest BCUT2D eigenvalue weighted by atomic mass is 32.2. The first-order valence-corrected chi connectivity index (χ1v) is 10.1. The number of fused-ring (bicyclic) bond motifs is 1. The summed E-state index contributed by atoms with van der Waals surface area (Å²) in [5.41, 5.74) is 1.61. The number of nitrogens with zero attached hydrogens (tertiary/aromatic N) is 3. The summed E-state index contributed by atoms with van der Waals surface area (Å²) in [6, 6.07) is 3.77. The zero-order chi connectivity index (χ0) is 19.6. The average Bonchev–Trinajstić information content (AvgIpc) is 3.04. The predicted octanol–water partition coefficient (Wildman–Crippen LogP) is 1.85. The Morgan fingerprint density at radius 2 is 2.11 bits per heavy atom. The van der Waals surface area contributed by atoms with Crippen molar-refractivity contribution in [2.24, 2.45) is 5.92 Å². The highest BCUT2D eigenvalue weighted by Gasteiger charge is 2.33. The number of hydrogen-bond donors (Lipinski definition) is 1. The third-order valence-corrected chi connectivity index (χ3v) is 5.77. The number of carbonyl (C=O) groups excluding carboxylic acids is 1. The molecule has 0 aliphatic carbocycles. The first-order chi connectivity index (χ1) is 12.8. The molecule has 9 heteroatoms. The van der Waals surface area contributed by atoms with Crippen LogP contribution in [-0.2, 0) is 27.9 Å². The SMILES string of the molecule is CC(C)CC(NS(=O)(=O)c1cccc(F)c1)C(=O)N1Cc2cncnc2C1. The van der Waals surface area contributed by atoms with Crippen molar-refractivity contribution in [3.63, 3.8) is 0 Å². The molecule has 1 aromatic carbocycles. The van der Waals surface area contributed by atoms with Crippen LogP contribution in [0.1, 0.15) is 31.5 Å². The predicted molar refractivity (Wildman–Crippen MR) is 96.3 cm³/mol. The average molecular weight is 392 g/mol. The Bertz CT molecular complexity index is 924. The lowest BCUT2D eigenvalue weighted by atomic mass is 10.0. The van der Waals surface area contributed by atoms with Crippen molar-refractivity contribution >= 4 is 15.9 Å². The number of hydrogen-bond acceptors (Lipinski definition) is 5. The van der Waals surface area contributed by atoms with E-state index in [1.54, 1.807) is 11.1 Å². The first kappa shape index (κ1) is 19.4. The monoisotopic (exact) mass is 392 g/mol. The van der Waals surface area contributed by atoms with Gasteiger partial charge in [-0.1, -0.05) is 19.9 Å². The zero-order valence-corrected chi connectivity index (χ0v) is 15.9. The maximum Gasteiger partial charge on any atom is 0.241 e. The van der Waals surface area contributed by atoms with Crippen LogP contribution in [-0.4, -0.2) is 35.2 Å². The number of halogens is 1. The van der Waals surface area contributed by atoms with Crippen LogP contribution in [0.5, 0.6) is 0 Å². The van der Waals surface area contributed by atoms with Crippen molar-refractivity contribution < 1.29 is 17.6 Å². The molecule has 3 rings (SSSR count). The minimum absolute atomic E-state index is 0.0823. The summed E-state index contributed by atoms with van der Waals surface area (Å²) in [6.45, 7) is 4.46. The molecule has 1 atom stereocenters. The largest absolute Gasteiger partial charge is 0.331 e. The molecular formula is C18H21FN4O3S. The maximum absolute atomic E-state index is 13.4. The van der Waals surface area contributed by atoms with Gasteiger partial charge in [0.05, 0.1) is 17.1 Å².